The lowest BCUT2D eigenvalue weighted by Crippen LogP contribution is -2.07. The van der Waals surface area contributed by atoms with E-state index < -0.39 is 11.9 Å². The van der Waals surface area contributed by atoms with Gasteiger partial charge in [0.2, 0.25) is 0 Å². The Morgan fingerprint density at radius 1 is 1.56 bits per heavy atom. The van der Waals surface area contributed by atoms with Crippen LogP contribution in [0.2, 0.25) is 0 Å². The number of carboxylic acid groups (broad SMARTS) is 1. The summed E-state index contributed by atoms with van der Waals surface area (Å²) < 4.78 is 1.05. The van der Waals surface area contributed by atoms with Crippen LogP contribution in [0.3, 0.4) is 0 Å². The second-order valence-electron chi connectivity index (χ2n) is 3.24. The Morgan fingerprint density at radius 3 is 2.88 bits per heavy atom. The summed E-state index contributed by atoms with van der Waals surface area (Å²) in [6.45, 7) is 1.64. The molecule has 0 aliphatic carbocycles. The molecule has 0 aliphatic rings. The van der Waals surface area contributed by atoms with Crippen molar-refractivity contribution in [2.24, 2.45) is 0 Å². The quantitative estimate of drug-likeness (QED) is 0.936. The molecule has 2 aromatic rings. The maximum absolute atomic E-state index is 10.8. The molecule has 0 aliphatic heterocycles. The van der Waals surface area contributed by atoms with Crippen LogP contribution in [0.1, 0.15) is 18.5 Å². The van der Waals surface area contributed by atoms with Crippen LogP contribution < -0.4 is 0 Å². The summed E-state index contributed by atoms with van der Waals surface area (Å²) in [5, 5.41) is 11.6. The monoisotopic (exact) mass is 317 g/mol. The molecule has 0 amide bonds. The Balaban J connectivity index is 2.29. The number of nitrogens with zero attached hydrogens (tertiary/aromatic N) is 1. The summed E-state index contributed by atoms with van der Waals surface area (Å²) in [4.78, 5) is 16.2. The Kier molecular flexibility index (Phi) is 3.41. The van der Waals surface area contributed by atoms with Crippen LogP contribution in [-0.2, 0) is 4.79 Å². The van der Waals surface area contributed by atoms with E-state index in [-0.39, 0.29) is 0 Å². The van der Waals surface area contributed by atoms with Gasteiger partial charge >= 0.3 is 5.97 Å². The highest BCUT2D eigenvalue weighted by Gasteiger charge is 2.17. The fourth-order valence-electron chi connectivity index (χ4n) is 1.15. The molecule has 0 spiro atoms. The largest absolute Gasteiger partial charge is 0.481 e. The summed E-state index contributed by atoms with van der Waals surface area (Å²) in [7, 11) is 0. The standard InChI is InChI=1S/C10H8BrNO2S2/c1-5(10(13)14)6-4-15-9(12-6)7-2-3-8(11)16-7/h2-5H,1H3,(H,13,14). The zero-order chi connectivity index (χ0) is 11.7. The fraction of sp³-hybridized carbons (Fsp3) is 0.200. The van der Waals surface area contributed by atoms with E-state index in [2.05, 4.69) is 20.9 Å². The Bertz CT molecular complexity index is 520. The van der Waals surface area contributed by atoms with Crippen molar-refractivity contribution >= 4 is 44.6 Å². The smallest absolute Gasteiger partial charge is 0.312 e. The van der Waals surface area contributed by atoms with Gasteiger partial charge in [0.15, 0.2) is 0 Å². The Labute approximate surface area is 109 Å². The second-order valence-corrected chi connectivity index (χ2v) is 6.56. The van der Waals surface area contributed by atoms with E-state index >= 15 is 0 Å². The molecule has 0 bridgehead atoms. The summed E-state index contributed by atoms with van der Waals surface area (Å²) in [5.41, 5.74) is 0.622. The van der Waals surface area contributed by atoms with Crippen molar-refractivity contribution in [1.82, 2.24) is 4.98 Å². The van der Waals surface area contributed by atoms with Crippen molar-refractivity contribution in [3.63, 3.8) is 0 Å². The molecule has 84 valence electrons. The zero-order valence-corrected chi connectivity index (χ0v) is 11.5. The number of hydrogen-bond acceptors (Lipinski definition) is 4. The number of rotatable bonds is 3. The summed E-state index contributed by atoms with van der Waals surface area (Å²) in [6, 6.07) is 3.94. The number of carbonyl (C=O) groups is 1. The van der Waals surface area contributed by atoms with Crippen LogP contribution >= 0.6 is 38.6 Å². The van der Waals surface area contributed by atoms with Gasteiger partial charge in [-0.25, -0.2) is 4.98 Å². The van der Waals surface area contributed by atoms with Gasteiger partial charge < -0.3 is 5.11 Å². The third-order valence-electron chi connectivity index (χ3n) is 2.12. The molecule has 16 heavy (non-hydrogen) atoms. The lowest BCUT2D eigenvalue weighted by Gasteiger charge is -1.99. The normalized spacial score (nSPS) is 12.6. The maximum atomic E-state index is 10.8. The third kappa shape index (κ3) is 2.34. The van der Waals surface area contributed by atoms with Gasteiger partial charge in [-0.15, -0.1) is 22.7 Å². The molecule has 0 fully saturated rings. The van der Waals surface area contributed by atoms with E-state index in [0.29, 0.717) is 5.69 Å². The van der Waals surface area contributed by atoms with Crippen molar-refractivity contribution in [2.75, 3.05) is 0 Å². The van der Waals surface area contributed by atoms with Crippen LogP contribution in [0.4, 0.5) is 0 Å². The number of aromatic nitrogens is 1. The van der Waals surface area contributed by atoms with Gasteiger partial charge in [-0.1, -0.05) is 0 Å². The predicted molar refractivity (Wildman–Crippen MR) is 69.2 cm³/mol. The minimum Gasteiger partial charge on any atom is -0.481 e. The number of aliphatic carboxylic acids is 1. The van der Waals surface area contributed by atoms with E-state index in [4.69, 9.17) is 5.11 Å². The van der Waals surface area contributed by atoms with E-state index in [1.54, 1.807) is 18.3 Å². The zero-order valence-electron chi connectivity index (χ0n) is 8.31. The highest BCUT2D eigenvalue weighted by atomic mass is 79.9. The lowest BCUT2D eigenvalue weighted by molar-refractivity contribution is -0.138. The van der Waals surface area contributed by atoms with E-state index in [1.807, 2.05) is 17.5 Å². The molecule has 1 unspecified atom stereocenters. The third-order valence-corrected chi connectivity index (χ3v) is 4.77. The molecule has 2 aromatic heterocycles. The van der Waals surface area contributed by atoms with Gasteiger partial charge in [0.1, 0.15) is 5.01 Å². The fourth-order valence-corrected chi connectivity index (χ4v) is 3.53. The topological polar surface area (TPSA) is 50.2 Å². The summed E-state index contributed by atoms with van der Waals surface area (Å²) in [5.74, 6) is -1.39. The van der Waals surface area contributed by atoms with Crippen LogP contribution in [0.25, 0.3) is 9.88 Å². The molecule has 0 aromatic carbocycles. The maximum Gasteiger partial charge on any atom is 0.312 e. The first-order valence-corrected chi connectivity index (χ1v) is 7.01. The predicted octanol–water partition coefficient (Wildman–Crippen LogP) is 3.82. The van der Waals surface area contributed by atoms with Crippen LogP contribution in [-0.4, -0.2) is 16.1 Å². The van der Waals surface area contributed by atoms with Crippen molar-refractivity contribution < 1.29 is 9.90 Å². The molecular weight excluding hydrogens is 310 g/mol. The number of carboxylic acids is 1. The molecule has 6 heteroatoms. The highest BCUT2D eigenvalue weighted by molar-refractivity contribution is 9.11. The van der Waals surface area contributed by atoms with Gasteiger partial charge in [0, 0.05) is 5.38 Å². The summed E-state index contributed by atoms with van der Waals surface area (Å²) >= 11 is 6.46. The molecular formula is C10H8BrNO2S2. The Hall–Kier alpha value is -0.720. The minimum atomic E-state index is -0.843. The van der Waals surface area contributed by atoms with Crippen molar-refractivity contribution in [2.45, 2.75) is 12.8 Å². The average Bonchev–Trinajstić information content (AvgIpc) is 2.84. The highest BCUT2D eigenvalue weighted by Crippen LogP contribution is 2.34. The van der Waals surface area contributed by atoms with E-state index in [9.17, 15) is 4.79 Å². The number of thiazole rings is 1. The summed E-state index contributed by atoms with van der Waals surface area (Å²) in [6.07, 6.45) is 0. The van der Waals surface area contributed by atoms with Crippen molar-refractivity contribution in [3.8, 4) is 9.88 Å². The first kappa shape index (κ1) is 11.8. The van der Waals surface area contributed by atoms with Gasteiger partial charge in [-0.05, 0) is 35.0 Å². The lowest BCUT2D eigenvalue weighted by atomic mass is 10.1. The number of halogens is 1. The van der Waals surface area contributed by atoms with Crippen LogP contribution in [0, 0.1) is 0 Å². The van der Waals surface area contributed by atoms with Gasteiger partial charge in [-0.2, -0.15) is 0 Å². The van der Waals surface area contributed by atoms with Crippen LogP contribution in [0.5, 0.6) is 0 Å². The number of hydrogen-bond donors (Lipinski definition) is 1. The molecule has 3 nitrogen and oxygen atoms in total. The SMILES string of the molecule is CC(C(=O)O)c1csc(-c2ccc(Br)s2)n1. The Morgan fingerprint density at radius 2 is 2.31 bits per heavy atom. The van der Waals surface area contributed by atoms with Gasteiger partial charge in [-0.3, -0.25) is 4.79 Å². The van der Waals surface area contributed by atoms with Gasteiger partial charge in [0.05, 0.1) is 20.3 Å². The van der Waals surface area contributed by atoms with Crippen molar-refractivity contribution in [1.29, 1.82) is 0 Å². The molecule has 0 saturated heterocycles. The molecule has 1 N–H and O–H groups in total. The number of thiophene rings is 1. The van der Waals surface area contributed by atoms with E-state index in [0.717, 1.165) is 13.7 Å². The first-order valence-electron chi connectivity index (χ1n) is 4.52. The second kappa shape index (κ2) is 4.65. The molecule has 0 saturated carbocycles. The average molecular weight is 318 g/mol. The van der Waals surface area contributed by atoms with Crippen molar-refractivity contribution in [3.05, 3.63) is 27.0 Å². The van der Waals surface area contributed by atoms with Crippen LogP contribution in [0.15, 0.2) is 21.3 Å². The molecule has 0 radical (unpaired) electrons. The molecule has 1 atom stereocenters. The molecule has 2 heterocycles. The van der Waals surface area contributed by atoms with E-state index in [1.165, 1.54) is 11.3 Å². The van der Waals surface area contributed by atoms with Gasteiger partial charge in [0.25, 0.3) is 0 Å². The minimum absolute atomic E-state index is 0.548. The molecule has 2 rings (SSSR count). The first-order chi connectivity index (χ1) is 7.58.